The van der Waals surface area contributed by atoms with E-state index in [1.54, 1.807) is 36.4 Å². The molecule has 2 amide bonds. The Morgan fingerprint density at radius 2 is 1.80 bits per heavy atom. The number of rotatable bonds is 9. The highest BCUT2D eigenvalue weighted by Crippen LogP contribution is 2.44. The van der Waals surface area contributed by atoms with Gasteiger partial charge in [0.15, 0.2) is 5.69 Å². The van der Waals surface area contributed by atoms with Crippen molar-refractivity contribution in [2.24, 2.45) is 5.73 Å². The molecule has 2 aromatic carbocycles. The minimum absolute atomic E-state index is 0.108. The number of nitrogens with two attached hydrogens (primary N) is 1. The van der Waals surface area contributed by atoms with E-state index < -0.39 is 36.2 Å². The SMILES string of the molecule is NCc1ccc(NC(=O)c2cc3c(cc2-c2ccc(C(=O)NC[C@@H](O)CO)nc2C(=O)O)OCc2ccsc2-3)cc1. The summed E-state index contributed by atoms with van der Waals surface area (Å²) in [7, 11) is 0. The lowest BCUT2D eigenvalue weighted by Gasteiger charge is -2.21. The van der Waals surface area contributed by atoms with E-state index in [0.717, 1.165) is 16.0 Å². The zero-order valence-electron chi connectivity index (χ0n) is 21.6. The van der Waals surface area contributed by atoms with Crippen LogP contribution >= 0.6 is 11.3 Å². The van der Waals surface area contributed by atoms with Crippen LogP contribution < -0.4 is 21.1 Å². The Morgan fingerprint density at radius 1 is 1.02 bits per heavy atom. The van der Waals surface area contributed by atoms with Crippen molar-refractivity contribution in [2.45, 2.75) is 19.3 Å². The molecule has 0 spiro atoms. The van der Waals surface area contributed by atoms with Crippen LogP contribution in [0.4, 0.5) is 5.69 Å². The number of aromatic carboxylic acids is 1. The lowest BCUT2D eigenvalue weighted by atomic mass is 9.92. The number of anilines is 1. The first kappa shape index (κ1) is 27.9. The van der Waals surface area contributed by atoms with Gasteiger partial charge in [-0.2, -0.15) is 0 Å². The molecule has 41 heavy (non-hydrogen) atoms. The first-order chi connectivity index (χ1) is 19.8. The zero-order valence-corrected chi connectivity index (χ0v) is 22.4. The number of pyridine rings is 1. The summed E-state index contributed by atoms with van der Waals surface area (Å²) in [6.07, 6.45) is -1.18. The number of aliphatic hydroxyl groups is 2. The Labute approximate surface area is 238 Å². The predicted molar refractivity (Wildman–Crippen MR) is 152 cm³/mol. The van der Waals surface area contributed by atoms with Crippen LogP contribution in [0.5, 0.6) is 5.75 Å². The number of amides is 2. The second-order valence-electron chi connectivity index (χ2n) is 9.26. The lowest BCUT2D eigenvalue weighted by Crippen LogP contribution is -2.34. The minimum atomic E-state index is -1.41. The van der Waals surface area contributed by atoms with Crippen LogP contribution in [0, 0.1) is 0 Å². The molecule has 5 rings (SSSR count). The van der Waals surface area contributed by atoms with E-state index in [4.69, 9.17) is 15.6 Å². The Morgan fingerprint density at radius 3 is 2.51 bits per heavy atom. The van der Waals surface area contributed by atoms with Gasteiger partial charge in [0.2, 0.25) is 0 Å². The number of aromatic nitrogens is 1. The average molecular weight is 575 g/mol. The number of carbonyl (C=O) groups excluding carboxylic acids is 2. The van der Waals surface area contributed by atoms with Crippen LogP contribution in [-0.2, 0) is 13.2 Å². The molecule has 4 aromatic rings. The van der Waals surface area contributed by atoms with E-state index >= 15 is 0 Å². The highest BCUT2D eigenvalue weighted by molar-refractivity contribution is 7.13. The fourth-order valence-corrected chi connectivity index (χ4v) is 5.32. The Kier molecular flexibility index (Phi) is 8.08. The Balaban J connectivity index is 1.59. The van der Waals surface area contributed by atoms with Gasteiger partial charge in [-0.3, -0.25) is 9.59 Å². The smallest absolute Gasteiger partial charge is 0.355 e. The van der Waals surface area contributed by atoms with Gasteiger partial charge in [0.1, 0.15) is 18.1 Å². The molecular weight excluding hydrogens is 548 g/mol. The van der Waals surface area contributed by atoms with Crippen molar-refractivity contribution < 1.29 is 34.4 Å². The quantitative estimate of drug-likeness (QED) is 0.175. The normalized spacial score (nSPS) is 12.5. The van der Waals surface area contributed by atoms with Crippen molar-refractivity contribution in [1.82, 2.24) is 10.3 Å². The third-order valence-corrected chi connectivity index (χ3v) is 7.51. The highest BCUT2D eigenvalue weighted by atomic mass is 32.1. The van der Waals surface area contributed by atoms with Gasteiger partial charge in [-0.15, -0.1) is 11.3 Å². The van der Waals surface area contributed by atoms with Gasteiger partial charge in [-0.1, -0.05) is 12.1 Å². The fraction of sp³-hybridized carbons (Fsp3) is 0.172. The standard InChI is InChI=1S/C29H26N4O7S/c30-11-15-1-3-17(4-2-15)32-27(36)21-9-22-24(40-14-16-7-8-41-26(16)22)10-20(21)19-5-6-23(33-25(19)29(38)39)28(37)31-12-18(35)13-34/h1-10,18,34-35H,11-14,30H2,(H,31,37)(H,32,36)(H,38,39)/t18-/m1/s1. The second-order valence-corrected chi connectivity index (χ2v) is 10.2. The van der Waals surface area contributed by atoms with Gasteiger partial charge in [-0.25, -0.2) is 9.78 Å². The maximum atomic E-state index is 13.7. The third kappa shape index (κ3) is 5.81. The van der Waals surface area contributed by atoms with E-state index in [1.807, 2.05) is 11.4 Å². The monoisotopic (exact) mass is 574 g/mol. The van der Waals surface area contributed by atoms with E-state index in [-0.39, 0.29) is 28.9 Å². The number of nitrogens with one attached hydrogen (secondary N) is 2. The van der Waals surface area contributed by atoms with Crippen LogP contribution in [0.1, 0.15) is 42.5 Å². The van der Waals surface area contributed by atoms with E-state index in [1.165, 1.54) is 23.5 Å². The number of fused-ring (bicyclic) bond motifs is 3. The first-order valence-corrected chi connectivity index (χ1v) is 13.5. The summed E-state index contributed by atoms with van der Waals surface area (Å²) in [6, 6.07) is 15.0. The Bertz CT molecular complexity index is 1630. The van der Waals surface area contributed by atoms with Crippen LogP contribution in [0.3, 0.4) is 0 Å². The number of benzene rings is 2. The maximum Gasteiger partial charge on any atom is 0.355 e. The van der Waals surface area contributed by atoms with Crippen molar-refractivity contribution in [2.75, 3.05) is 18.5 Å². The summed E-state index contributed by atoms with van der Waals surface area (Å²) < 4.78 is 5.96. The molecule has 0 saturated heterocycles. The number of ether oxygens (including phenoxy) is 1. The summed E-state index contributed by atoms with van der Waals surface area (Å²) in [6.45, 7) is -0.118. The van der Waals surface area contributed by atoms with E-state index in [0.29, 0.717) is 30.2 Å². The molecule has 3 heterocycles. The van der Waals surface area contributed by atoms with Crippen LogP contribution in [0.25, 0.3) is 21.6 Å². The highest BCUT2D eigenvalue weighted by Gasteiger charge is 2.27. The van der Waals surface area contributed by atoms with Crippen molar-refractivity contribution >= 4 is 34.8 Å². The molecule has 0 radical (unpaired) electrons. The van der Waals surface area contributed by atoms with Gasteiger partial charge in [-0.05, 0) is 53.4 Å². The summed E-state index contributed by atoms with van der Waals surface area (Å²) in [5.41, 5.74) is 8.67. The topological polar surface area (TPSA) is 184 Å². The first-order valence-electron chi connectivity index (χ1n) is 12.6. The number of carbonyl (C=O) groups is 3. The molecule has 11 nitrogen and oxygen atoms in total. The van der Waals surface area contributed by atoms with E-state index in [9.17, 15) is 24.6 Å². The summed E-state index contributed by atoms with van der Waals surface area (Å²) in [5.74, 6) is -2.14. The average Bonchev–Trinajstić information content (AvgIpc) is 3.48. The molecule has 0 bridgehead atoms. The van der Waals surface area contributed by atoms with Crippen molar-refractivity contribution in [1.29, 1.82) is 0 Å². The van der Waals surface area contributed by atoms with Crippen LogP contribution in [0.15, 0.2) is 60.0 Å². The molecule has 0 saturated carbocycles. The molecule has 0 aliphatic carbocycles. The second kappa shape index (κ2) is 11.9. The van der Waals surface area contributed by atoms with Gasteiger partial charge in [0, 0.05) is 51.5 Å². The number of carboxylic acid groups (broad SMARTS) is 1. The van der Waals surface area contributed by atoms with Gasteiger partial charge in [0.05, 0.1) is 12.7 Å². The lowest BCUT2D eigenvalue weighted by molar-refractivity contribution is 0.0690. The van der Waals surface area contributed by atoms with Crippen molar-refractivity contribution in [3.05, 3.63) is 88.1 Å². The molecule has 0 fully saturated rings. The number of nitrogens with zero attached hydrogens (tertiary/aromatic N) is 1. The van der Waals surface area contributed by atoms with Gasteiger partial charge < -0.3 is 36.4 Å². The maximum absolute atomic E-state index is 13.7. The molecular formula is C29H26N4O7S. The summed E-state index contributed by atoms with van der Waals surface area (Å²) in [5, 5.41) is 35.7. The minimum Gasteiger partial charge on any atom is -0.488 e. The van der Waals surface area contributed by atoms with Gasteiger partial charge >= 0.3 is 5.97 Å². The molecule has 2 aromatic heterocycles. The molecule has 12 heteroatoms. The number of aliphatic hydroxyl groups excluding tert-OH is 2. The molecule has 1 aliphatic rings. The van der Waals surface area contributed by atoms with E-state index in [2.05, 4.69) is 15.6 Å². The predicted octanol–water partition coefficient (Wildman–Crippen LogP) is 2.86. The molecule has 1 aliphatic heterocycles. The Hall–Kier alpha value is -4.62. The van der Waals surface area contributed by atoms with Crippen LogP contribution in [0.2, 0.25) is 0 Å². The molecule has 210 valence electrons. The zero-order chi connectivity index (χ0) is 29.1. The number of thiophene rings is 1. The molecule has 7 N–H and O–H groups in total. The summed E-state index contributed by atoms with van der Waals surface area (Å²) >= 11 is 1.51. The fourth-order valence-electron chi connectivity index (χ4n) is 4.38. The number of hydrogen-bond acceptors (Lipinski definition) is 9. The van der Waals surface area contributed by atoms with Crippen molar-refractivity contribution in [3.63, 3.8) is 0 Å². The number of hydrogen-bond donors (Lipinski definition) is 6. The van der Waals surface area contributed by atoms with Gasteiger partial charge in [0.25, 0.3) is 11.8 Å². The molecule has 1 atom stereocenters. The largest absolute Gasteiger partial charge is 0.488 e. The molecule has 0 unspecified atom stereocenters. The van der Waals surface area contributed by atoms with Crippen LogP contribution in [-0.4, -0.2) is 57.3 Å². The summed E-state index contributed by atoms with van der Waals surface area (Å²) in [4.78, 5) is 43.6. The third-order valence-electron chi connectivity index (χ3n) is 6.52. The van der Waals surface area contributed by atoms with Crippen molar-refractivity contribution in [3.8, 4) is 27.3 Å². The number of carboxylic acids is 1.